The zero-order valence-electron chi connectivity index (χ0n) is 13.5. The molecule has 0 saturated carbocycles. The zero-order chi connectivity index (χ0) is 16.4. The van der Waals surface area contributed by atoms with E-state index in [-0.39, 0.29) is 13.0 Å². The Kier molecular flexibility index (Phi) is 7.96. The van der Waals surface area contributed by atoms with Crippen LogP contribution in [0.5, 0.6) is 0 Å². The minimum absolute atomic E-state index is 0.285. The number of methoxy groups -OCH3 is 1. The Morgan fingerprint density at radius 3 is 2.73 bits per heavy atom. The van der Waals surface area contributed by atoms with Gasteiger partial charge in [-0.15, -0.1) is 0 Å². The summed E-state index contributed by atoms with van der Waals surface area (Å²) in [6, 6.07) is 2.08. The maximum atomic E-state index is 9.29. The molecule has 0 aliphatic carbocycles. The van der Waals surface area contributed by atoms with Crippen LogP contribution in [0, 0.1) is 11.3 Å². The standard InChI is InChI=1S/C12H17N5O3.C2H6/c1-3-16-17-8-15-12(18-2)9(6-13)11(17)14-7-10-19-4-5-20-10;1-2/h3,10,14H,4-5,7-8H2,1-2H3;1-2H3/b16-3-;. The molecule has 0 aromatic heterocycles. The smallest absolute Gasteiger partial charge is 0.232 e. The monoisotopic (exact) mass is 309 g/mol. The highest BCUT2D eigenvalue weighted by atomic mass is 16.7. The average molecular weight is 309 g/mol. The van der Waals surface area contributed by atoms with E-state index in [2.05, 4.69) is 21.5 Å². The maximum Gasteiger partial charge on any atom is 0.232 e. The molecule has 1 N–H and O–H groups in total. The van der Waals surface area contributed by atoms with E-state index in [1.54, 1.807) is 18.1 Å². The Bertz CT molecular complexity index is 475. The number of hydrazone groups is 1. The molecule has 0 unspecified atom stereocenters. The normalized spacial score (nSPS) is 18.7. The third-order valence-electron chi connectivity index (χ3n) is 2.74. The number of ether oxygens (including phenoxy) is 3. The highest BCUT2D eigenvalue weighted by Crippen LogP contribution is 2.16. The summed E-state index contributed by atoms with van der Waals surface area (Å²) in [5.41, 5.74) is 0.308. The number of rotatable bonds is 4. The number of nitrogens with zero attached hydrogens (tertiary/aromatic N) is 4. The van der Waals surface area contributed by atoms with Gasteiger partial charge in [0, 0.05) is 6.21 Å². The Balaban J connectivity index is 0.00000116. The predicted molar refractivity (Wildman–Crippen MR) is 83.0 cm³/mol. The van der Waals surface area contributed by atoms with Crippen molar-refractivity contribution in [2.24, 2.45) is 10.1 Å². The van der Waals surface area contributed by atoms with E-state index < -0.39 is 0 Å². The van der Waals surface area contributed by atoms with Crippen molar-refractivity contribution in [1.82, 2.24) is 10.3 Å². The van der Waals surface area contributed by atoms with Gasteiger partial charge in [-0.05, 0) is 6.92 Å². The molecule has 122 valence electrons. The first-order chi connectivity index (χ1) is 10.8. The lowest BCUT2D eigenvalue weighted by molar-refractivity contribution is -0.0386. The first-order valence-electron chi connectivity index (χ1n) is 7.26. The maximum absolute atomic E-state index is 9.29. The van der Waals surface area contributed by atoms with Crippen LogP contribution < -0.4 is 5.32 Å². The molecule has 8 nitrogen and oxygen atoms in total. The molecular formula is C14H23N5O3. The van der Waals surface area contributed by atoms with Crippen molar-refractivity contribution in [3.63, 3.8) is 0 Å². The second-order valence-corrected chi connectivity index (χ2v) is 3.97. The Morgan fingerprint density at radius 1 is 1.50 bits per heavy atom. The summed E-state index contributed by atoms with van der Waals surface area (Å²) < 4.78 is 15.8. The second-order valence-electron chi connectivity index (χ2n) is 3.97. The summed E-state index contributed by atoms with van der Waals surface area (Å²) in [6.45, 7) is 7.67. The van der Waals surface area contributed by atoms with Crippen molar-refractivity contribution < 1.29 is 14.2 Å². The molecule has 0 radical (unpaired) electrons. The number of nitrogens with one attached hydrogen (secondary N) is 1. The minimum Gasteiger partial charge on any atom is -0.480 e. The summed E-state index contributed by atoms with van der Waals surface area (Å²) >= 11 is 0. The first kappa shape index (κ1) is 17.9. The molecule has 8 heteroatoms. The van der Waals surface area contributed by atoms with Crippen molar-refractivity contribution in [3.05, 3.63) is 11.4 Å². The Morgan fingerprint density at radius 2 is 2.18 bits per heavy atom. The predicted octanol–water partition coefficient (Wildman–Crippen LogP) is 1.03. The van der Waals surface area contributed by atoms with Crippen LogP contribution in [-0.4, -0.2) is 56.9 Å². The van der Waals surface area contributed by atoms with E-state index in [0.717, 1.165) is 0 Å². The topological polar surface area (TPSA) is 91.5 Å². The fourth-order valence-corrected chi connectivity index (χ4v) is 1.90. The van der Waals surface area contributed by atoms with Gasteiger partial charge in [-0.3, -0.25) is 0 Å². The van der Waals surface area contributed by atoms with Gasteiger partial charge in [0.15, 0.2) is 11.9 Å². The van der Waals surface area contributed by atoms with Crippen LogP contribution in [0.25, 0.3) is 0 Å². The largest absolute Gasteiger partial charge is 0.480 e. The molecule has 22 heavy (non-hydrogen) atoms. The molecule has 0 spiro atoms. The number of hydrogen-bond acceptors (Lipinski definition) is 8. The lowest BCUT2D eigenvalue weighted by Gasteiger charge is -2.27. The van der Waals surface area contributed by atoms with Crippen LogP contribution in [-0.2, 0) is 14.2 Å². The van der Waals surface area contributed by atoms with Gasteiger partial charge in [0.25, 0.3) is 0 Å². The van der Waals surface area contributed by atoms with Crippen molar-refractivity contribution in [3.8, 4) is 6.07 Å². The fourth-order valence-electron chi connectivity index (χ4n) is 1.90. The molecule has 2 heterocycles. The third kappa shape index (κ3) is 4.44. The van der Waals surface area contributed by atoms with Gasteiger partial charge in [-0.2, -0.15) is 10.4 Å². The zero-order valence-corrected chi connectivity index (χ0v) is 13.5. The van der Waals surface area contributed by atoms with Gasteiger partial charge in [-0.1, -0.05) is 13.8 Å². The third-order valence-corrected chi connectivity index (χ3v) is 2.74. The molecule has 0 aromatic carbocycles. The van der Waals surface area contributed by atoms with Crippen LogP contribution in [0.4, 0.5) is 0 Å². The Hall–Kier alpha value is -2.11. The quantitative estimate of drug-likeness (QED) is 0.780. The lowest BCUT2D eigenvalue weighted by atomic mass is 10.2. The molecular weight excluding hydrogens is 286 g/mol. The highest BCUT2D eigenvalue weighted by molar-refractivity contribution is 5.98. The summed E-state index contributed by atoms with van der Waals surface area (Å²) in [5, 5.41) is 18.2. The average Bonchev–Trinajstić information content (AvgIpc) is 3.08. The van der Waals surface area contributed by atoms with E-state index in [1.807, 2.05) is 13.8 Å². The lowest BCUT2D eigenvalue weighted by Crippen LogP contribution is -2.38. The van der Waals surface area contributed by atoms with Crippen molar-refractivity contribution in [2.45, 2.75) is 27.1 Å². The molecule has 0 atom stereocenters. The van der Waals surface area contributed by atoms with Gasteiger partial charge in [0.05, 0.1) is 26.9 Å². The van der Waals surface area contributed by atoms with E-state index >= 15 is 0 Å². The van der Waals surface area contributed by atoms with E-state index in [0.29, 0.717) is 37.1 Å². The van der Waals surface area contributed by atoms with Crippen molar-refractivity contribution in [2.75, 3.05) is 33.5 Å². The van der Waals surface area contributed by atoms with E-state index in [1.165, 1.54) is 7.11 Å². The molecule has 2 aliphatic heterocycles. The Labute approximate surface area is 131 Å². The fraction of sp³-hybridized carbons (Fsp3) is 0.643. The molecule has 1 saturated heterocycles. The van der Waals surface area contributed by atoms with Gasteiger partial charge < -0.3 is 19.5 Å². The van der Waals surface area contributed by atoms with Gasteiger partial charge in [-0.25, -0.2) is 10.0 Å². The van der Waals surface area contributed by atoms with Crippen molar-refractivity contribution >= 4 is 12.1 Å². The van der Waals surface area contributed by atoms with Crippen LogP contribution in [0.3, 0.4) is 0 Å². The highest BCUT2D eigenvalue weighted by Gasteiger charge is 2.25. The summed E-state index contributed by atoms with van der Waals surface area (Å²) in [5.74, 6) is 0.836. The molecule has 2 aliphatic rings. The summed E-state index contributed by atoms with van der Waals surface area (Å²) in [7, 11) is 1.48. The van der Waals surface area contributed by atoms with E-state index in [9.17, 15) is 5.26 Å². The molecule has 0 aromatic rings. The van der Waals surface area contributed by atoms with Gasteiger partial charge in [0.2, 0.25) is 5.90 Å². The second kappa shape index (κ2) is 9.76. The van der Waals surface area contributed by atoms with Crippen LogP contribution in [0.15, 0.2) is 21.5 Å². The van der Waals surface area contributed by atoms with E-state index in [4.69, 9.17) is 14.2 Å². The first-order valence-corrected chi connectivity index (χ1v) is 7.26. The molecule has 0 bridgehead atoms. The molecule has 0 amide bonds. The van der Waals surface area contributed by atoms with Gasteiger partial charge >= 0.3 is 0 Å². The van der Waals surface area contributed by atoms with Crippen LogP contribution >= 0.6 is 0 Å². The van der Waals surface area contributed by atoms with Gasteiger partial charge in [0.1, 0.15) is 18.6 Å². The molecule has 2 rings (SSSR count). The number of aliphatic imine (C=N–C) groups is 1. The van der Waals surface area contributed by atoms with Crippen molar-refractivity contribution in [1.29, 1.82) is 5.26 Å². The minimum atomic E-state index is -0.320. The SMILES string of the molecule is C/C=N\N1CN=C(OC)C(C#N)=C1NCC1OCCO1.CC. The molecule has 1 fully saturated rings. The van der Waals surface area contributed by atoms with Crippen LogP contribution in [0.1, 0.15) is 20.8 Å². The van der Waals surface area contributed by atoms with Crippen LogP contribution in [0.2, 0.25) is 0 Å². The summed E-state index contributed by atoms with van der Waals surface area (Å²) in [6.07, 6.45) is 1.31. The summed E-state index contributed by atoms with van der Waals surface area (Å²) in [4.78, 5) is 4.15. The number of nitriles is 1. The number of hydrogen-bond donors (Lipinski definition) is 1.